The Morgan fingerprint density at radius 1 is 1.04 bits per heavy atom. The number of amides is 2. The summed E-state index contributed by atoms with van der Waals surface area (Å²) in [5.41, 5.74) is 5.44. The fourth-order valence-corrected chi connectivity index (χ4v) is 3.02. The molecule has 1 N–H and O–H groups in total. The molecule has 0 unspecified atom stereocenters. The van der Waals surface area contributed by atoms with Crippen LogP contribution in [0.5, 0.6) is 0 Å². The van der Waals surface area contributed by atoms with Crippen LogP contribution in [0.2, 0.25) is 0 Å². The number of aryl methyl sites for hydroxylation is 1. The van der Waals surface area contributed by atoms with Crippen molar-refractivity contribution < 1.29 is 9.59 Å². The van der Waals surface area contributed by atoms with Gasteiger partial charge in [0, 0.05) is 24.6 Å². The summed E-state index contributed by atoms with van der Waals surface area (Å²) in [6.45, 7) is 3.21. The molecule has 0 aromatic heterocycles. The van der Waals surface area contributed by atoms with Crippen LogP contribution < -0.4 is 5.43 Å². The fraction of sp³-hybridized carbons (Fsp3) is 0.286. The van der Waals surface area contributed by atoms with Gasteiger partial charge in [0.25, 0.3) is 5.91 Å². The summed E-state index contributed by atoms with van der Waals surface area (Å²) < 4.78 is 0. The average Bonchev–Trinajstić information content (AvgIpc) is 2.69. The molecule has 1 fully saturated rings. The molecule has 1 aliphatic rings. The maximum Gasteiger partial charge on any atom is 0.253 e. The Bertz CT molecular complexity index is 777. The van der Waals surface area contributed by atoms with E-state index < -0.39 is 0 Å². The van der Waals surface area contributed by atoms with E-state index in [4.69, 9.17) is 0 Å². The molecule has 0 atom stereocenters. The van der Waals surface area contributed by atoms with E-state index in [1.807, 2.05) is 66.4 Å². The first-order valence-corrected chi connectivity index (χ1v) is 8.87. The van der Waals surface area contributed by atoms with E-state index in [0.29, 0.717) is 31.5 Å². The summed E-state index contributed by atoms with van der Waals surface area (Å²) in [7, 11) is 0. The lowest BCUT2D eigenvalue weighted by molar-refractivity contribution is -0.126. The van der Waals surface area contributed by atoms with E-state index in [1.165, 1.54) is 5.56 Å². The number of likely N-dealkylation sites (tertiary alicyclic amines) is 1. The summed E-state index contributed by atoms with van der Waals surface area (Å²) in [5, 5.41) is 4.04. The van der Waals surface area contributed by atoms with Crippen molar-refractivity contribution in [2.45, 2.75) is 19.8 Å². The Balaban J connectivity index is 1.47. The maximum atomic E-state index is 12.4. The first kappa shape index (κ1) is 17.9. The Labute approximate surface area is 153 Å². The minimum Gasteiger partial charge on any atom is -0.339 e. The lowest BCUT2D eigenvalue weighted by atomic mass is 9.95. The third-order valence-electron chi connectivity index (χ3n) is 4.64. The smallest absolute Gasteiger partial charge is 0.253 e. The number of hydrogen-bond donors (Lipinski definition) is 1. The molecule has 26 heavy (non-hydrogen) atoms. The quantitative estimate of drug-likeness (QED) is 0.681. The predicted octanol–water partition coefficient (Wildman–Crippen LogP) is 3.00. The number of carbonyl (C=O) groups excluding carboxylic acids is 2. The Morgan fingerprint density at radius 3 is 2.35 bits per heavy atom. The van der Waals surface area contributed by atoms with Crippen molar-refractivity contribution in [1.82, 2.24) is 10.3 Å². The molecule has 1 heterocycles. The van der Waals surface area contributed by atoms with Crippen molar-refractivity contribution in [2.24, 2.45) is 11.0 Å². The molecule has 0 aliphatic carbocycles. The summed E-state index contributed by atoms with van der Waals surface area (Å²) in [4.78, 5) is 26.5. The van der Waals surface area contributed by atoms with Gasteiger partial charge in [-0.1, -0.05) is 48.0 Å². The van der Waals surface area contributed by atoms with Crippen LogP contribution in [0.4, 0.5) is 0 Å². The first-order valence-electron chi connectivity index (χ1n) is 8.87. The molecule has 2 aromatic carbocycles. The highest BCUT2D eigenvalue weighted by Crippen LogP contribution is 2.19. The van der Waals surface area contributed by atoms with Crippen molar-refractivity contribution in [3.05, 3.63) is 71.3 Å². The van der Waals surface area contributed by atoms with Crippen molar-refractivity contribution in [3.8, 4) is 0 Å². The van der Waals surface area contributed by atoms with E-state index in [9.17, 15) is 9.59 Å². The van der Waals surface area contributed by atoms with E-state index in [2.05, 4.69) is 10.5 Å². The van der Waals surface area contributed by atoms with Gasteiger partial charge in [0.1, 0.15) is 0 Å². The SMILES string of the molecule is Cc1ccc(/C=N\NC(=O)C2CCN(C(=O)c3ccccc3)CC2)cc1. The summed E-state index contributed by atoms with van der Waals surface area (Å²) in [6, 6.07) is 17.2. The highest BCUT2D eigenvalue weighted by Gasteiger charge is 2.27. The van der Waals surface area contributed by atoms with E-state index in [-0.39, 0.29) is 17.7 Å². The Morgan fingerprint density at radius 2 is 1.69 bits per heavy atom. The van der Waals surface area contributed by atoms with Crippen LogP contribution in [0.3, 0.4) is 0 Å². The number of piperidine rings is 1. The molecule has 134 valence electrons. The lowest BCUT2D eigenvalue weighted by Gasteiger charge is -2.31. The molecule has 0 spiro atoms. The number of benzene rings is 2. The molecule has 0 bridgehead atoms. The molecule has 3 rings (SSSR count). The number of nitrogens with one attached hydrogen (secondary N) is 1. The number of nitrogens with zero attached hydrogens (tertiary/aromatic N) is 2. The molecular formula is C21H23N3O2. The number of hydrogen-bond acceptors (Lipinski definition) is 3. The van der Waals surface area contributed by atoms with Crippen LogP contribution in [0.15, 0.2) is 59.7 Å². The van der Waals surface area contributed by atoms with Gasteiger partial charge in [-0.2, -0.15) is 5.10 Å². The summed E-state index contributed by atoms with van der Waals surface area (Å²) >= 11 is 0. The van der Waals surface area contributed by atoms with Gasteiger partial charge in [-0.15, -0.1) is 0 Å². The highest BCUT2D eigenvalue weighted by atomic mass is 16.2. The molecule has 0 saturated carbocycles. The van der Waals surface area contributed by atoms with Crippen LogP contribution in [-0.4, -0.2) is 36.0 Å². The van der Waals surface area contributed by atoms with Crippen LogP contribution in [0.25, 0.3) is 0 Å². The van der Waals surface area contributed by atoms with Gasteiger partial charge in [-0.25, -0.2) is 5.43 Å². The Kier molecular flexibility index (Phi) is 5.79. The molecule has 1 saturated heterocycles. The number of carbonyl (C=O) groups is 2. The molecule has 5 heteroatoms. The largest absolute Gasteiger partial charge is 0.339 e. The third-order valence-corrected chi connectivity index (χ3v) is 4.64. The summed E-state index contributed by atoms with van der Waals surface area (Å²) in [6.07, 6.45) is 2.96. The molecular weight excluding hydrogens is 326 g/mol. The summed E-state index contributed by atoms with van der Waals surface area (Å²) in [5.74, 6) is -0.160. The second-order valence-corrected chi connectivity index (χ2v) is 6.58. The first-order chi connectivity index (χ1) is 12.6. The van der Waals surface area contributed by atoms with E-state index in [0.717, 1.165) is 5.56 Å². The van der Waals surface area contributed by atoms with E-state index >= 15 is 0 Å². The number of hydrazone groups is 1. The zero-order valence-corrected chi connectivity index (χ0v) is 14.9. The molecule has 0 radical (unpaired) electrons. The topological polar surface area (TPSA) is 61.8 Å². The highest BCUT2D eigenvalue weighted by molar-refractivity contribution is 5.94. The van der Waals surface area contributed by atoms with Gasteiger partial charge in [-0.05, 0) is 37.5 Å². The standard InChI is InChI=1S/C21H23N3O2/c1-16-7-9-17(10-8-16)15-22-23-20(25)18-11-13-24(14-12-18)21(26)19-5-3-2-4-6-19/h2-10,15,18H,11-14H2,1H3,(H,23,25)/b22-15-. The van der Waals surface area contributed by atoms with Gasteiger partial charge < -0.3 is 4.90 Å². The van der Waals surface area contributed by atoms with Crippen LogP contribution >= 0.6 is 0 Å². The monoisotopic (exact) mass is 349 g/mol. The third kappa shape index (κ3) is 4.57. The predicted molar refractivity (Wildman–Crippen MR) is 102 cm³/mol. The fourth-order valence-electron chi connectivity index (χ4n) is 3.02. The van der Waals surface area contributed by atoms with Gasteiger partial charge in [0.05, 0.1) is 6.21 Å². The van der Waals surface area contributed by atoms with E-state index in [1.54, 1.807) is 6.21 Å². The van der Waals surface area contributed by atoms with Crippen LogP contribution in [0.1, 0.15) is 34.3 Å². The second kappa shape index (κ2) is 8.43. The zero-order chi connectivity index (χ0) is 18.4. The molecule has 2 amide bonds. The maximum absolute atomic E-state index is 12.4. The minimum absolute atomic E-state index is 0.0295. The van der Waals surface area contributed by atoms with Crippen molar-refractivity contribution in [1.29, 1.82) is 0 Å². The van der Waals surface area contributed by atoms with Crippen LogP contribution in [0, 0.1) is 12.8 Å². The second-order valence-electron chi connectivity index (χ2n) is 6.58. The Hall–Kier alpha value is -2.95. The molecule has 5 nitrogen and oxygen atoms in total. The number of rotatable bonds is 4. The average molecular weight is 349 g/mol. The van der Waals surface area contributed by atoms with Gasteiger partial charge in [0.15, 0.2) is 0 Å². The van der Waals surface area contributed by atoms with Crippen molar-refractivity contribution in [3.63, 3.8) is 0 Å². The minimum atomic E-state index is -0.106. The van der Waals surface area contributed by atoms with Gasteiger partial charge in [0.2, 0.25) is 5.91 Å². The van der Waals surface area contributed by atoms with Gasteiger partial charge in [-0.3, -0.25) is 9.59 Å². The molecule has 1 aliphatic heterocycles. The van der Waals surface area contributed by atoms with Crippen molar-refractivity contribution >= 4 is 18.0 Å². The van der Waals surface area contributed by atoms with Gasteiger partial charge >= 0.3 is 0 Å². The normalized spacial score (nSPS) is 15.2. The lowest BCUT2D eigenvalue weighted by Crippen LogP contribution is -2.42. The van der Waals surface area contributed by atoms with Crippen molar-refractivity contribution in [2.75, 3.05) is 13.1 Å². The molecule has 2 aromatic rings. The van der Waals surface area contributed by atoms with Crippen LogP contribution in [-0.2, 0) is 4.79 Å². The zero-order valence-electron chi connectivity index (χ0n) is 14.9.